The Morgan fingerprint density at radius 2 is 2.20 bits per heavy atom. The number of amides is 1. The first-order chi connectivity index (χ1) is 11.3. The number of carboxylic acids is 1. The number of carbonyl (C=O) groups excluding carboxylic acids is 2. The van der Waals surface area contributed by atoms with Crippen LogP contribution in [0.2, 0.25) is 0 Å². The Hall–Kier alpha value is 0.196. The van der Waals surface area contributed by atoms with Gasteiger partial charge in [-0.2, -0.15) is 5.21 Å². The molecule has 2 aliphatic rings. The van der Waals surface area contributed by atoms with E-state index in [4.69, 9.17) is 0 Å². The van der Waals surface area contributed by atoms with Gasteiger partial charge < -0.3 is 15.0 Å². The number of rotatable bonds is 6. The number of hydrogen-bond acceptors (Lipinski definition) is 10. The van der Waals surface area contributed by atoms with E-state index in [1.807, 2.05) is 0 Å². The topological polar surface area (TPSA) is 152 Å². The van der Waals surface area contributed by atoms with Crippen LogP contribution in [0.3, 0.4) is 0 Å². The normalized spacial score (nSPS) is 25.7. The number of H-pyrrole nitrogens is 1. The number of nitrogens with zero attached hydrogens (tertiary/aromatic N) is 4. The van der Waals surface area contributed by atoms with Crippen molar-refractivity contribution in [3.8, 4) is 0 Å². The SMILES string of the molecule is CC(SC1=C(C(=O)[O-])N2C(=O)[C@H]([C@@H](C)O)[C@H]2S1)S(=O)c1nn[nH]n1.[K+]. The maximum atomic E-state index is 12.3. The van der Waals surface area contributed by atoms with Gasteiger partial charge in [0.25, 0.3) is 5.16 Å². The number of β-lactam (4-membered cyclic amide) rings is 1. The second-order valence-corrected chi connectivity index (χ2v) is 9.79. The molecule has 3 rings (SSSR count). The average molecular weight is 430 g/mol. The van der Waals surface area contributed by atoms with E-state index >= 15 is 0 Å². The first-order valence-corrected chi connectivity index (χ1v) is 9.74. The minimum atomic E-state index is -1.62. The second kappa shape index (κ2) is 8.47. The number of aliphatic carboxylic acids is 1. The predicted molar refractivity (Wildman–Crippen MR) is 83.1 cm³/mol. The summed E-state index contributed by atoms with van der Waals surface area (Å²) in [6.45, 7) is 3.11. The van der Waals surface area contributed by atoms with Crippen molar-refractivity contribution in [3.63, 3.8) is 0 Å². The molecule has 3 heterocycles. The number of hydrogen-bond donors (Lipinski definition) is 2. The van der Waals surface area contributed by atoms with Crippen LogP contribution in [0.4, 0.5) is 0 Å². The summed E-state index contributed by atoms with van der Waals surface area (Å²) in [5, 5.41) is 33.5. The van der Waals surface area contributed by atoms with E-state index < -0.39 is 44.7 Å². The summed E-state index contributed by atoms with van der Waals surface area (Å²) in [5.41, 5.74) is -0.242. The molecule has 0 saturated carbocycles. The van der Waals surface area contributed by atoms with Crippen molar-refractivity contribution in [1.29, 1.82) is 0 Å². The molecule has 0 aliphatic carbocycles. The Balaban J connectivity index is 0.00000225. The van der Waals surface area contributed by atoms with E-state index in [9.17, 15) is 24.0 Å². The first kappa shape index (κ1) is 21.5. The van der Waals surface area contributed by atoms with E-state index in [0.717, 1.165) is 28.4 Å². The van der Waals surface area contributed by atoms with E-state index in [-0.39, 0.29) is 62.2 Å². The molecule has 0 bridgehead atoms. The molecule has 1 saturated heterocycles. The van der Waals surface area contributed by atoms with Crippen molar-refractivity contribution in [3.05, 3.63) is 9.93 Å². The summed E-state index contributed by atoms with van der Waals surface area (Å²) in [7, 11) is -1.62. The van der Waals surface area contributed by atoms with Gasteiger partial charge in [-0.25, -0.2) is 4.21 Å². The van der Waals surface area contributed by atoms with Crippen LogP contribution in [-0.2, 0) is 20.4 Å². The Morgan fingerprint density at radius 3 is 2.72 bits per heavy atom. The standard InChI is InChI=1S/C11H13N5O5S3.K/c1-3(17)5-7(18)16-6(9(19)20)10(23-8(5)16)22-4(2)24(21)11-12-14-15-13-11;/h3-5,8,17H,1-2H3,(H,19,20)(H,12,13,14,15);/q;+1/p-1/t3-,4?,5+,8-,24?;/m1./s1. The van der Waals surface area contributed by atoms with Crippen molar-refractivity contribution in [2.24, 2.45) is 5.92 Å². The zero-order valence-electron chi connectivity index (χ0n) is 13.4. The third kappa shape index (κ3) is 3.91. The van der Waals surface area contributed by atoms with Crippen LogP contribution in [-0.4, -0.2) is 62.8 Å². The molecule has 130 valence electrons. The summed E-state index contributed by atoms with van der Waals surface area (Å²) >= 11 is 2.19. The first-order valence-electron chi connectivity index (χ1n) is 6.77. The third-order valence-electron chi connectivity index (χ3n) is 3.54. The Bertz CT molecular complexity index is 742. The summed E-state index contributed by atoms with van der Waals surface area (Å²) in [6.07, 6.45) is -0.885. The number of fused-ring (bicyclic) bond motifs is 1. The molecule has 1 fully saturated rings. The summed E-state index contributed by atoms with van der Waals surface area (Å²) in [6, 6.07) is 0. The van der Waals surface area contributed by atoms with Crippen molar-refractivity contribution in [2.75, 3.05) is 0 Å². The number of nitrogens with one attached hydrogen (secondary N) is 1. The molecule has 5 atom stereocenters. The van der Waals surface area contributed by atoms with Gasteiger partial charge in [0, 0.05) is 0 Å². The summed E-state index contributed by atoms with van der Waals surface area (Å²) < 4.78 is 12.0. The predicted octanol–water partition coefficient (Wildman–Crippen LogP) is -4.78. The van der Waals surface area contributed by atoms with Gasteiger partial charge in [-0.3, -0.25) is 9.69 Å². The fourth-order valence-electron chi connectivity index (χ4n) is 2.40. The Morgan fingerprint density at radius 1 is 1.52 bits per heavy atom. The molecule has 1 aromatic heterocycles. The summed E-state index contributed by atoms with van der Waals surface area (Å²) in [5.74, 6) is -2.60. The van der Waals surface area contributed by atoms with E-state index in [1.165, 1.54) is 6.92 Å². The Kier molecular flexibility index (Phi) is 7.29. The molecule has 2 N–H and O–H groups in total. The van der Waals surface area contributed by atoms with Crippen molar-refractivity contribution in [2.45, 2.75) is 35.1 Å². The number of carboxylic acid groups (broad SMARTS) is 1. The molecule has 2 aliphatic heterocycles. The van der Waals surface area contributed by atoms with Crippen LogP contribution in [0.15, 0.2) is 15.1 Å². The van der Waals surface area contributed by atoms with Gasteiger partial charge >= 0.3 is 51.4 Å². The molecular formula is C11H12KN5O5S3. The molecule has 2 unspecified atom stereocenters. The smallest absolute Gasteiger partial charge is 0.543 e. The van der Waals surface area contributed by atoms with E-state index in [2.05, 4.69) is 20.6 Å². The number of thioether (sulfide) groups is 2. The maximum Gasteiger partial charge on any atom is 1.00 e. The van der Waals surface area contributed by atoms with E-state index in [0.29, 0.717) is 4.24 Å². The molecule has 14 heteroatoms. The number of tetrazole rings is 1. The quantitative estimate of drug-likeness (QED) is 0.333. The zero-order chi connectivity index (χ0) is 17.6. The molecule has 25 heavy (non-hydrogen) atoms. The van der Waals surface area contributed by atoms with Gasteiger partial charge in [0.1, 0.15) is 16.2 Å². The van der Waals surface area contributed by atoms with Crippen molar-refractivity contribution >= 4 is 46.2 Å². The van der Waals surface area contributed by atoms with Crippen LogP contribution >= 0.6 is 23.5 Å². The van der Waals surface area contributed by atoms with Gasteiger partial charge in [0.15, 0.2) is 0 Å². The van der Waals surface area contributed by atoms with Crippen molar-refractivity contribution in [1.82, 2.24) is 25.5 Å². The minimum absolute atomic E-state index is 0. The number of aromatic nitrogens is 4. The van der Waals surface area contributed by atoms with Crippen molar-refractivity contribution < 1.29 is 75.4 Å². The number of aliphatic hydroxyl groups is 1. The molecule has 10 nitrogen and oxygen atoms in total. The minimum Gasteiger partial charge on any atom is -0.543 e. The van der Waals surface area contributed by atoms with Crippen LogP contribution in [0.1, 0.15) is 13.8 Å². The summed E-state index contributed by atoms with van der Waals surface area (Å²) in [4.78, 5) is 24.6. The van der Waals surface area contributed by atoms with Crippen LogP contribution in [0.25, 0.3) is 0 Å². The number of carbonyl (C=O) groups is 2. The molecule has 0 aromatic carbocycles. The second-order valence-electron chi connectivity index (χ2n) is 5.08. The van der Waals surface area contributed by atoms with Crippen LogP contribution in [0, 0.1) is 5.92 Å². The van der Waals surface area contributed by atoms with Crippen LogP contribution in [0.5, 0.6) is 0 Å². The zero-order valence-corrected chi connectivity index (χ0v) is 19.0. The van der Waals surface area contributed by atoms with Gasteiger partial charge in [-0.05, 0) is 19.1 Å². The van der Waals surface area contributed by atoms with E-state index in [1.54, 1.807) is 6.92 Å². The van der Waals surface area contributed by atoms with Gasteiger partial charge in [-0.1, -0.05) is 28.6 Å². The number of aliphatic hydroxyl groups excluding tert-OH is 1. The molecule has 1 aromatic rings. The molecule has 1 amide bonds. The van der Waals surface area contributed by atoms with Gasteiger partial charge in [-0.15, -0.1) is 5.10 Å². The fraction of sp³-hybridized carbons (Fsp3) is 0.545. The third-order valence-corrected chi connectivity index (χ3v) is 7.96. The average Bonchev–Trinajstić information content (AvgIpc) is 3.12. The maximum absolute atomic E-state index is 12.3. The van der Waals surface area contributed by atoms with Gasteiger partial charge in [0.2, 0.25) is 5.91 Å². The number of aromatic amines is 1. The Labute approximate surface area is 195 Å². The molecule has 0 radical (unpaired) electrons. The van der Waals surface area contributed by atoms with Crippen LogP contribution < -0.4 is 56.5 Å². The monoisotopic (exact) mass is 429 g/mol. The largest absolute Gasteiger partial charge is 1.00 e. The molecule has 0 spiro atoms. The molecular weight excluding hydrogens is 417 g/mol. The fourth-order valence-corrected chi connectivity index (χ4v) is 6.90. The van der Waals surface area contributed by atoms with Gasteiger partial charge in [0.05, 0.1) is 32.5 Å².